The van der Waals surface area contributed by atoms with E-state index in [1.165, 1.54) is 0 Å². The van der Waals surface area contributed by atoms with Crippen LogP contribution in [-0.2, 0) is 0 Å². The second-order valence-corrected chi connectivity index (χ2v) is 0. The summed E-state index contributed by atoms with van der Waals surface area (Å²) in [6.45, 7) is 0. The maximum atomic E-state index is 0. The Morgan fingerprint density at radius 3 is 1.00 bits per heavy atom. The normalized spacial score (nSPS) is 0. The third kappa shape index (κ3) is 9.70. The van der Waals surface area contributed by atoms with E-state index in [-0.39, 0.29) is 139 Å². The van der Waals surface area contributed by atoms with Gasteiger partial charge in [0.05, 0.1) is 0 Å². The summed E-state index contributed by atoms with van der Waals surface area (Å²) in [7, 11) is 0. The van der Waals surface area contributed by atoms with E-state index in [4.69, 9.17) is 0 Å². The molecule has 0 nitrogen and oxygen atoms in total. The zero-order valence-electron chi connectivity index (χ0n) is 3.41. The van der Waals surface area contributed by atoms with E-state index in [0.717, 1.165) is 0 Å². The fourth-order valence-electron chi connectivity index (χ4n) is 0. The van der Waals surface area contributed by atoms with E-state index in [1.54, 1.807) is 0 Å². The van der Waals surface area contributed by atoms with Gasteiger partial charge in [0.15, 0.2) is 0 Å². The van der Waals surface area contributed by atoms with E-state index in [0.29, 0.717) is 0 Å². The van der Waals surface area contributed by atoms with Gasteiger partial charge in [-0.05, 0) is 0 Å². The van der Waals surface area contributed by atoms with E-state index in [1.807, 2.05) is 0 Å². The van der Waals surface area contributed by atoms with Crippen LogP contribution in [0.1, 0.15) is 0 Å². The van der Waals surface area contributed by atoms with Gasteiger partial charge in [-0.25, -0.2) is 0 Å². The van der Waals surface area contributed by atoms with Gasteiger partial charge in [0.1, 0.15) is 0 Å². The first kappa shape index (κ1) is 23.6. The molecule has 0 aliphatic rings. The smallest absolute Gasteiger partial charge is 0 e. The van der Waals surface area contributed by atoms with E-state index >= 15 is 0 Å². The van der Waals surface area contributed by atoms with Crippen molar-refractivity contribution in [1.82, 2.24) is 0 Å². The molecule has 0 saturated carbocycles. The van der Waals surface area contributed by atoms with Crippen molar-refractivity contribution in [2.45, 2.75) is 0 Å². The van der Waals surface area contributed by atoms with E-state index in [9.17, 15) is 0 Å². The second kappa shape index (κ2) is 15.6. The minimum Gasteiger partial charge on any atom is 0 e. The van der Waals surface area contributed by atoms with Gasteiger partial charge in [0, 0.05) is 139 Å². The first-order chi connectivity index (χ1) is 0. The molecule has 0 saturated heterocycles. The predicted octanol–water partition coefficient (Wildman–Crippen LogP) is -1.52. The summed E-state index contributed by atoms with van der Waals surface area (Å²) < 4.78 is 0. The predicted molar refractivity (Wildman–Crippen MR) is 23.0 cm³/mol. The molecule has 0 aliphatic carbocycles. The van der Waals surface area contributed by atoms with Gasteiger partial charge >= 0.3 is 0 Å². The average molecular weight is 158 g/mol. The zero-order valence-corrected chi connectivity index (χ0v) is 11.4. The monoisotopic (exact) mass is 158 g/mol. The molecule has 0 bridgehead atoms. The minimum atomic E-state index is 0. The molecule has 6 valence electrons. The molecule has 0 aromatic rings. The molecule has 0 atom stereocenters. The van der Waals surface area contributed by atoms with Gasteiger partial charge in [-0.3, -0.25) is 0 Å². The molecule has 4 heteroatoms. The molecule has 0 aromatic carbocycles. The van der Waals surface area contributed by atoms with E-state index in [2.05, 4.69) is 0 Å². The molecule has 0 spiro atoms. The molecule has 0 fully saturated rings. The summed E-state index contributed by atoms with van der Waals surface area (Å²) in [4.78, 5) is 0. The molecule has 0 aliphatic heterocycles. The fraction of sp³-hybridized carbons (Fsp3) is 0. The van der Waals surface area contributed by atoms with Crippen molar-refractivity contribution in [3.63, 3.8) is 0 Å². The van der Waals surface area contributed by atoms with Crippen LogP contribution in [0.5, 0.6) is 0 Å². The van der Waals surface area contributed by atoms with Crippen molar-refractivity contribution in [2.75, 3.05) is 0 Å². The first-order valence-corrected chi connectivity index (χ1v) is 0. The SMILES string of the molecule is [K].[Li].[Mg].[Sr]. The largest absolute Gasteiger partial charge is 0 e. The third-order valence-corrected chi connectivity index (χ3v) is 0. The Bertz CT molecular complexity index is 8.00. The Hall–Kier alpha value is 4.48. The van der Waals surface area contributed by atoms with Crippen LogP contribution >= 0.6 is 0 Å². The summed E-state index contributed by atoms with van der Waals surface area (Å²) in [5, 5.41) is 0. The first-order valence-electron chi connectivity index (χ1n) is 0. The van der Waals surface area contributed by atoms with E-state index < -0.39 is 0 Å². The molecule has 6 radical (unpaired) electrons. The standard InChI is InChI=1S/K.Li.Mg.Sr. The number of hydrogen-bond acceptors (Lipinski definition) is 0. The molecule has 0 rings (SSSR count). The van der Waals surface area contributed by atoms with Gasteiger partial charge in [-0.2, -0.15) is 0 Å². The van der Waals surface area contributed by atoms with Crippen molar-refractivity contribution in [3.8, 4) is 0 Å². The van der Waals surface area contributed by atoms with Crippen LogP contribution in [0.4, 0.5) is 0 Å². The van der Waals surface area contributed by atoms with Crippen molar-refractivity contribution >= 4 is 139 Å². The molecule has 0 N–H and O–H groups in total. The molecule has 0 aromatic heterocycles. The molecular formula is KLiMgSr. The van der Waals surface area contributed by atoms with Crippen LogP contribution in [0, 0.1) is 0 Å². The molecular weight excluding hydrogens is 158 g/mol. The second-order valence-electron chi connectivity index (χ2n) is 0. The van der Waals surface area contributed by atoms with Crippen LogP contribution in [0.3, 0.4) is 0 Å². The van der Waals surface area contributed by atoms with Crippen molar-refractivity contribution in [3.05, 3.63) is 0 Å². The van der Waals surface area contributed by atoms with Gasteiger partial charge in [0.2, 0.25) is 0 Å². The molecule has 0 heterocycles. The van der Waals surface area contributed by atoms with Crippen molar-refractivity contribution in [1.29, 1.82) is 0 Å². The summed E-state index contributed by atoms with van der Waals surface area (Å²) in [5.41, 5.74) is 0. The minimum absolute atomic E-state index is 0. The maximum Gasteiger partial charge on any atom is 0 e. The molecule has 0 unspecified atom stereocenters. The average Bonchev–Trinajstić information content (AvgIpc) is 0. The molecule has 4 heavy (non-hydrogen) atoms. The summed E-state index contributed by atoms with van der Waals surface area (Å²) in [6, 6.07) is 0. The zero-order chi connectivity index (χ0) is 0. The quantitative estimate of drug-likeness (QED) is 0.375. The number of hydrogen-bond donors (Lipinski definition) is 0. The van der Waals surface area contributed by atoms with Crippen LogP contribution in [-0.4, -0.2) is 139 Å². The van der Waals surface area contributed by atoms with Crippen LogP contribution < -0.4 is 0 Å². The third-order valence-electron chi connectivity index (χ3n) is 0. The Morgan fingerprint density at radius 1 is 1.00 bits per heavy atom. The summed E-state index contributed by atoms with van der Waals surface area (Å²) in [6.07, 6.45) is 0. The van der Waals surface area contributed by atoms with Gasteiger partial charge in [0.25, 0.3) is 0 Å². The summed E-state index contributed by atoms with van der Waals surface area (Å²) in [5.74, 6) is 0. The van der Waals surface area contributed by atoms with Gasteiger partial charge in [-0.15, -0.1) is 0 Å². The van der Waals surface area contributed by atoms with Crippen molar-refractivity contribution < 1.29 is 0 Å². The Labute approximate surface area is 134 Å². The van der Waals surface area contributed by atoms with Crippen LogP contribution in [0.25, 0.3) is 0 Å². The Kier molecular flexibility index (Phi) is 92.5. The van der Waals surface area contributed by atoms with Gasteiger partial charge in [-0.1, -0.05) is 0 Å². The summed E-state index contributed by atoms with van der Waals surface area (Å²) >= 11 is 0. The Balaban J connectivity index is 0. The van der Waals surface area contributed by atoms with Crippen LogP contribution in [0.2, 0.25) is 0 Å². The van der Waals surface area contributed by atoms with Crippen LogP contribution in [0.15, 0.2) is 0 Å². The topological polar surface area (TPSA) is 0 Å². The fourth-order valence-corrected chi connectivity index (χ4v) is 0. The Morgan fingerprint density at radius 2 is 1.00 bits per heavy atom. The maximum absolute atomic E-state index is 0. The van der Waals surface area contributed by atoms with Crippen molar-refractivity contribution in [2.24, 2.45) is 0 Å². The number of rotatable bonds is 0. The van der Waals surface area contributed by atoms with Gasteiger partial charge < -0.3 is 0 Å². The molecule has 0 amide bonds.